The monoisotopic (exact) mass is 372 g/mol. The molecular weight excluding hydrogens is 343 g/mol. The second kappa shape index (κ2) is 10.1. The molecule has 1 saturated carbocycles. The average molecular weight is 373 g/mol. The van der Waals surface area contributed by atoms with Crippen molar-refractivity contribution in [1.82, 2.24) is 4.90 Å². The number of carbonyl (C=O) groups excluding carboxylic acids is 1. The number of hydrogen-bond acceptors (Lipinski definition) is 3. The zero-order chi connectivity index (χ0) is 17.7. The van der Waals surface area contributed by atoms with Gasteiger partial charge in [-0.2, -0.15) is 0 Å². The summed E-state index contributed by atoms with van der Waals surface area (Å²) in [5.74, 6) is 0.269. The number of carbonyl (C=O) groups is 1. The Morgan fingerprint density at radius 2 is 1.92 bits per heavy atom. The van der Waals surface area contributed by atoms with Crippen LogP contribution in [0, 0.1) is 17.7 Å². The van der Waals surface area contributed by atoms with Gasteiger partial charge in [0.05, 0.1) is 12.6 Å². The number of aliphatic hydroxyl groups is 1. The van der Waals surface area contributed by atoms with Gasteiger partial charge >= 0.3 is 0 Å². The minimum Gasteiger partial charge on any atom is -0.387 e. The van der Waals surface area contributed by atoms with E-state index < -0.39 is 6.10 Å². The lowest BCUT2D eigenvalue weighted by Gasteiger charge is -2.29. The molecule has 25 heavy (non-hydrogen) atoms. The van der Waals surface area contributed by atoms with E-state index >= 15 is 0 Å². The summed E-state index contributed by atoms with van der Waals surface area (Å²) in [4.78, 5) is 14.4. The van der Waals surface area contributed by atoms with Gasteiger partial charge in [0.15, 0.2) is 0 Å². The summed E-state index contributed by atoms with van der Waals surface area (Å²) >= 11 is 0. The van der Waals surface area contributed by atoms with Crippen LogP contribution in [-0.4, -0.2) is 35.0 Å². The number of nitrogens with zero attached hydrogens (tertiary/aromatic N) is 1. The lowest BCUT2D eigenvalue weighted by atomic mass is 9.98. The first-order chi connectivity index (χ1) is 11.4. The summed E-state index contributed by atoms with van der Waals surface area (Å²) in [6.45, 7) is 4.92. The first-order valence-electron chi connectivity index (χ1n) is 8.83. The van der Waals surface area contributed by atoms with E-state index in [2.05, 4.69) is 0 Å². The SMILES string of the molecule is CC(C)CN(CC(O)c1ccc(F)cc1)C(=O)C[C@@H]1CCC[C@H]1N.Cl. The van der Waals surface area contributed by atoms with Crippen molar-refractivity contribution in [3.63, 3.8) is 0 Å². The number of halogens is 2. The van der Waals surface area contributed by atoms with Crippen LogP contribution in [0.25, 0.3) is 0 Å². The van der Waals surface area contributed by atoms with Crippen LogP contribution in [0.4, 0.5) is 4.39 Å². The van der Waals surface area contributed by atoms with Gasteiger partial charge in [0, 0.05) is 19.0 Å². The number of amides is 1. The molecule has 0 spiro atoms. The maximum atomic E-state index is 13.0. The van der Waals surface area contributed by atoms with Crippen molar-refractivity contribution >= 4 is 18.3 Å². The molecule has 1 aliphatic carbocycles. The molecule has 3 N–H and O–H groups in total. The average Bonchev–Trinajstić information content (AvgIpc) is 2.92. The van der Waals surface area contributed by atoms with E-state index in [0.717, 1.165) is 19.3 Å². The molecule has 1 aromatic carbocycles. The van der Waals surface area contributed by atoms with Gasteiger partial charge in [0.1, 0.15) is 5.82 Å². The summed E-state index contributed by atoms with van der Waals surface area (Å²) in [5.41, 5.74) is 6.70. The molecule has 1 unspecified atom stereocenters. The fraction of sp³-hybridized carbons (Fsp3) is 0.632. The van der Waals surface area contributed by atoms with E-state index in [-0.39, 0.29) is 42.6 Å². The molecule has 0 bridgehead atoms. The molecule has 6 heteroatoms. The maximum Gasteiger partial charge on any atom is 0.223 e. The van der Waals surface area contributed by atoms with Gasteiger partial charge in [-0.05, 0) is 42.4 Å². The normalized spacial score (nSPS) is 21.0. The summed E-state index contributed by atoms with van der Waals surface area (Å²) in [6, 6.07) is 5.88. The number of nitrogens with two attached hydrogens (primary N) is 1. The predicted molar refractivity (Wildman–Crippen MR) is 100.0 cm³/mol. The highest BCUT2D eigenvalue weighted by Gasteiger charge is 2.29. The van der Waals surface area contributed by atoms with Gasteiger partial charge in [-0.3, -0.25) is 4.79 Å². The van der Waals surface area contributed by atoms with Crippen molar-refractivity contribution in [2.75, 3.05) is 13.1 Å². The first-order valence-corrected chi connectivity index (χ1v) is 8.83. The molecule has 1 amide bonds. The molecule has 0 aromatic heterocycles. The van der Waals surface area contributed by atoms with Gasteiger partial charge in [-0.1, -0.05) is 32.4 Å². The quantitative estimate of drug-likeness (QED) is 0.771. The van der Waals surface area contributed by atoms with Gasteiger partial charge in [-0.15, -0.1) is 12.4 Å². The Morgan fingerprint density at radius 3 is 2.44 bits per heavy atom. The highest BCUT2D eigenvalue weighted by Crippen LogP contribution is 2.28. The Kier molecular flexibility index (Phi) is 8.83. The topological polar surface area (TPSA) is 66.6 Å². The van der Waals surface area contributed by atoms with Crippen LogP contribution in [0.15, 0.2) is 24.3 Å². The summed E-state index contributed by atoms with van der Waals surface area (Å²) in [7, 11) is 0. The smallest absolute Gasteiger partial charge is 0.223 e. The molecule has 0 heterocycles. The molecular formula is C19H30ClFN2O2. The molecule has 0 saturated heterocycles. The molecule has 4 nitrogen and oxygen atoms in total. The zero-order valence-corrected chi connectivity index (χ0v) is 15.8. The van der Waals surface area contributed by atoms with Gasteiger partial charge in [-0.25, -0.2) is 4.39 Å². The third kappa shape index (κ3) is 6.57. The highest BCUT2D eigenvalue weighted by atomic mass is 35.5. The van der Waals surface area contributed by atoms with E-state index in [4.69, 9.17) is 5.73 Å². The fourth-order valence-corrected chi connectivity index (χ4v) is 3.39. The number of hydrogen-bond donors (Lipinski definition) is 2. The number of benzene rings is 1. The lowest BCUT2D eigenvalue weighted by Crippen LogP contribution is -2.39. The maximum absolute atomic E-state index is 13.0. The van der Waals surface area contributed by atoms with Gasteiger partial charge < -0.3 is 15.7 Å². The van der Waals surface area contributed by atoms with Crippen LogP contribution in [0.5, 0.6) is 0 Å². The van der Waals surface area contributed by atoms with Crippen LogP contribution >= 0.6 is 12.4 Å². The highest BCUT2D eigenvalue weighted by molar-refractivity contribution is 5.85. The Morgan fingerprint density at radius 1 is 1.28 bits per heavy atom. The molecule has 0 aliphatic heterocycles. The van der Waals surface area contributed by atoms with Crippen molar-refractivity contribution in [3.05, 3.63) is 35.6 Å². The minimum absolute atomic E-state index is 0. The van der Waals surface area contributed by atoms with Crippen molar-refractivity contribution in [3.8, 4) is 0 Å². The van der Waals surface area contributed by atoms with E-state index in [1.807, 2.05) is 13.8 Å². The van der Waals surface area contributed by atoms with E-state index in [9.17, 15) is 14.3 Å². The molecule has 3 atom stereocenters. The number of rotatable bonds is 7. The van der Waals surface area contributed by atoms with Crippen molar-refractivity contribution in [2.24, 2.45) is 17.6 Å². The van der Waals surface area contributed by atoms with E-state index in [0.29, 0.717) is 24.4 Å². The van der Waals surface area contributed by atoms with Gasteiger partial charge in [0.25, 0.3) is 0 Å². The molecule has 142 valence electrons. The third-order valence-electron chi connectivity index (χ3n) is 4.74. The molecule has 2 rings (SSSR count). The van der Waals surface area contributed by atoms with Crippen molar-refractivity contribution < 1.29 is 14.3 Å². The summed E-state index contributed by atoms with van der Waals surface area (Å²) in [5, 5.41) is 10.4. The van der Waals surface area contributed by atoms with E-state index in [1.165, 1.54) is 12.1 Å². The molecule has 1 fully saturated rings. The van der Waals surface area contributed by atoms with Crippen LogP contribution in [-0.2, 0) is 4.79 Å². The van der Waals surface area contributed by atoms with Crippen molar-refractivity contribution in [2.45, 2.75) is 51.7 Å². The van der Waals surface area contributed by atoms with E-state index in [1.54, 1.807) is 17.0 Å². The zero-order valence-electron chi connectivity index (χ0n) is 15.0. The number of aliphatic hydroxyl groups excluding tert-OH is 1. The molecule has 1 aliphatic rings. The lowest BCUT2D eigenvalue weighted by molar-refractivity contribution is -0.134. The molecule has 1 aromatic rings. The fourth-order valence-electron chi connectivity index (χ4n) is 3.39. The van der Waals surface area contributed by atoms with Crippen molar-refractivity contribution in [1.29, 1.82) is 0 Å². The first kappa shape index (κ1) is 21.9. The van der Waals surface area contributed by atoms with Crippen LogP contribution in [0.1, 0.15) is 51.2 Å². The summed E-state index contributed by atoms with van der Waals surface area (Å²) in [6.07, 6.45) is 2.71. The van der Waals surface area contributed by atoms with Gasteiger partial charge in [0.2, 0.25) is 5.91 Å². The van der Waals surface area contributed by atoms with Crippen LogP contribution in [0.2, 0.25) is 0 Å². The largest absolute Gasteiger partial charge is 0.387 e. The predicted octanol–water partition coefficient (Wildman–Crippen LogP) is 3.28. The second-order valence-corrected chi connectivity index (χ2v) is 7.32. The Hall–Kier alpha value is -1.17. The Balaban J connectivity index is 0.00000312. The molecule has 0 radical (unpaired) electrons. The standard InChI is InChI=1S/C19H29FN2O2.ClH/c1-13(2)11-22(19(24)10-15-4-3-5-17(15)21)12-18(23)14-6-8-16(20)9-7-14;/h6-9,13,15,17-18,23H,3-5,10-12,21H2,1-2H3;1H/t15-,17+,18?;/m0./s1. The third-order valence-corrected chi connectivity index (χ3v) is 4.74. The second-order valence-electron chi connectivity index (χ2n) is 7.32. The Bertz CT molecular complexity index is 539. The van der Waals surface area contributed by atoms with Crippen LogP contribution < -0.4 is 5.73 Å². The Labute approximate surface area is 156 Å². The minimum atomic E-state index is -0.814. The summed E-state index contributed by atoms with van der Waals surface area (Å²) < 4.78 is 13.0. The van der Waals surface area contributed by atoms with Crippen LogP contribution in [0.3, 0.4) is 0 Å².